The summed E-state index contributed by atoms with van der Waals surface area (Å²) >= 11 is 1.58. The lowest BCUT2D eigenvalue weighted by atomic mass is 9.83. The summed E-state index contributed by atoms with van der Waals surface area (Å²) in [5.74, 6) is 0. The van der Waals surface area contributed by atoms with Crippen molar-refractivity contribution in [1.29, 1.82) is 0 Å². The van der Waals surface area contributed by atoms with E-state index in [4.69, 9.17) is 0 Å². The Kier molecular flexibility index (Phi) is 5.33. The predicted octanol–water partition coefficient (Wildman–Crippen LogP) is 2.43. The van der Waals surface area contributed by atoms with Crippen molar-refractivity contribution in [3.63, 3.8) is 0 Å². The Labute approximate surface area is 156 Å². The summed E-state index contributed by atoms with van der Waals surface area (Å²) in [6, 6.07) is 7.57. The van der Waals surface area contributed by atoms with E-state index in [0.717, 1.165) is 23.3 Å². The number of sulfonamides is 1. The van der Waals surface area contributed by atoms with Gasteiger partial charge in [-0.25, -0.2) is 17.9 Å². The Bertz CT molecular complexity index is 892. The molecule has 26 heavy (non-hydrogen) atoms. The molecular formula is C17H20N2O5S2. The molecule has 1 aromatic heterocycles. The number of nitrogens with one attached hydrogen (secondary N) is 2. The molecule has 0 saturated carbocycles. The highest BCUT2D eigenvalue weighted by atomic mass is 32.2. The van der Waals surface area contributed by atoms with Crippen LogP contribution >= 0.6 is 11.3 Å². The number of methoxy groups -OCH3 is 1. The van der Waals surface area contributed by atoms with Crippen molar-refractivity contribution in [2.24, 2.45) is 0 Å². The zero-order chi connectivity index (χ0) is 18.8. The summed E-state index contributed by atoms with van der Waals surface area (Å²) < 4.78 is 32.0. The van der Waals surface area contributed by atoms with Gasteiger partial charge in [-0.2, -0.15) is 0 Å². The zero-order valence-electron chi connectivity index (χ0n) is 14.2. The van der Waals surface area contributed by atoms with Crippen molar-refractivity contribution in [2.45, 2.75) is 29.8 Å². The standard InChI is InChI=1S/C17H20N2O5S2/c1-24-16(20)19-12-4-6-13(7-5-12)26(22,23)18-11-17(21)9-2-3-15-14(17)8-10-25-15/h4-8,10,18,21H,2-3,9,11H2,1H3,(H,19,20). The van der Waals surface area contributed by atoms with Gasteiger partial charge >= 0.3 is 6.09 Å². The molecule has 9 heteroatoms. The third-order valence-corrected chi connectivity index (χ3v) is 6.79. The van der Waals surface area contributed by atoms with Crippen LogP contribution in [0.25, 0.3) is 0 Å². The second-order valence-electron chi connectivity index (χ2n) is 6.11. The minimum Gasteiger partial charge on any atom is -0.453 e. The van der Waals surface area contributed by atoms with Crippen LogP contribution in [0, 0.1) is 0 Å². The van der Waals surface area contributed by atoms with Gasteiger partial charge in [0.25, 0.3) is 0 Å². The van der Waals surface area contributed by atoms with E-state index in [-0.39, 0.29) is 11.4 Å². The number of thiophene rings is 1. The molecule has 1 aliphatic rings. The largest absolute Gasteiger partial charge is 0.453 e. The van der Waals surface area contributed by atoms with Crippen molar-refractivity contribution >= 4 is 33.1 Å². The fourth-order valence-electron chi connectivity index (χ4n) is 2.99. The van der Waals surface area contributed by atoms with Crippen LogP contribution in [0.4, 0.5) is 10.5 Å². The van der Waals surface area contributed by atoms with Crippen LogP contribution in [0.15, 0.2) is 40.6 Å². The second-order valence-corrected chi connectivity index (χ2v) is 8.88. The molecule has 1 amide bonds. The highest BCUT2D eigenvalue weighted by molar-refractivity contribution is 7.89. The van der Waals surface area contributed by atoms with Gasteiger partial charge < -0.3 is 9.84 Å². The lowest BCUT2D eigenvalue weighted by Gasteiger charge is -2.32. The van der Waals surface area contributed by atoms with Crippen LogP contribution in [0.2, 0.25) is 0 Å². The first kappa shape index (κ1) is 18.8. The first-order valence-electron chi connectivity index (χ1n) is 8.08. The van der Waals surface area contributed by atoms with Gasteiger partial charge in [0.2, 0.25) is 10.0 Å². The first-order valence-corrected chi connectivity index (χ1v) is 10.4. The topological polar surface area (TPSA) is 105 Å². The SMILES string of the molecule is COC(=O)Nc1ccc(S(=O)(=O)NCC2(O)CCCc3sccc32)cc1. The fraction of sp³-hybridized carbons (Fsp3) is 0.353. The summed E-state index contributed by atoms with van der Waals surface area (Å²) in [4.78, 5) is 12.3. The maximum atomic E-state index is 12.5. The molecule has 0 saturated heterocycles. The van der Waals surface area contributed by atoms with Crippen molar-refractivity contribution in [2.75, 3.05) is 19.0 Å². The summed E-state index contributed by atoms with van der Waals surface area (Å²) in [5.41, 5.74) is 0.0474. The van der Waals surface area contributed by atoms with Gasteiger partial charge in [-0.15, -0.1) is 11.3 Å². The van der Waals surface area contributed by atoms with Gasteiger partial charge in [0, 0.05) is 17.1 Å². The number of carbonyl (C=O) groups is 1. The van der Waals surface area contributed by atoms with E-state index in [1.165, 1.54) is 31.4 Å². The normalized spacial score (nSPS) is 19.6. The summed E-state index contributed by atoms with van der Waals surface area (Å²) in [6.45, 7) is -0.0821. The van der Waals surface area contributed by atoms with Crippen LogP contribution in [0.3, 0.4) is 0 Å². The number of carbonyl (C=O) groups excluding carboxylic acids is 1. The highest BCUT2D eigenvalue weighted by Crippen LogP contribution is 2.37. The van der Waals surface area contributed by atoms with Crippen LogP contribution in [-0.2, 0) is 26.8 Å². The van der Waals surface area contributed by atoms with E-state index in [1.807, 2.05) is 11.4 Å². The maximum absolute atomic E-state index is 12.5. The van der Waals surface area contributed by atoms with Crippen LogP contribution in [-0.4, -0.2) is 33.3 Å². The van der Waals surface area contributed by atoms with Gasteiger partial charge in [0.15, 0.2) is 0 Å². The molecule has 7 nitrogen and oxygen atoms in total. The van der Waals surface area contributed by atoms with E-state index in [9.17, 15) is 18.3 Å². The number of aliphatic hydroxyl groups is 1. The smallest absolute Gasteiger partial charge is 0.411 e. The summed E-state index contributed by atoms with van der Waals surface area (Å²) in [5, 5.41) is 15.3. The lowest BCUT2D eigenvalue weighted by Crippen LogP contribution is -2.42. The number of ether oxygens (including phenoxy) is 1. The predicted molar refractivity (Wildman–Crippen MR) is 98.8 cm³/mol. The molecule has 3 N–H and O–H groups in total. The molecule has 1 unspecified atom stereocenters. The molecule has 3 rings (SSSR count). The molecule has 1 aliphatic carbocycles. The number of anilines is 1. The quantitative estimate of drug-likeness (QED) is 0.720. The average Bonchev–Trinajstić information content (AvgIpc) is 3.11. The Morgan fingerprint density at radius 1 is 1.31 bits per heavy atom. The van der Waals surface area contributed by atoms with Crippen molar-refractivity contribution in [1.82, 2.24) is 4.72 Å². The summed E-state index contributed by atoms with van der Waals surface area (Å²) in [7, 11) is -2.54. The third-order valence-electron chi connectivity index (χ3n) is 4.39. The summed E-state index contributed by atoms with van der Waals surface area (Å²) in [6.07, 6.45) is 1.61. The Hall–Kier alpha value is -1.94. The molecule has 2 aromatic rings. The van der Waals surface area contributed by atoms with Gasteiger partial charge in [0.05, 0.1) is 12.0 Å². The average molecular weight is 396 g/mol. The number of benzene rings is 1. The second kappa shape index (κ2) is 7.36. The number of hydrogen-bond donors (Lipinski definition) is 3. The van der Waals surface area contributed by atoms with Gasteiger partial charge in [-0.05, 0) is 60.5 Å². The maximum Gasteiger partial charge on any atom is 0.411 e. The van der Waals surface area contributed by atoms with Gasteiger partial charge in [0.1, 0.15) is 5.60 Å². The molecule has 0 fully saturated rings. The van der Waals surface area contributed by atoms with E-state index in [1.54, 1.807) is 11.3 Å². The number of amides is 1. The lowest BCUT2D eigenvalue weighted by molar-refractivity contribution is 0.0252. The van der Waals surface area contributed by atoms with Gasteiger partial charge in [-0.3, -0.25) is 5.32 Å². The molecule has 0 spiro atoms. The number of rotatable bonds is 5. The third kappa shape index (κ3) is 3.90. The van der Waals surface area contributed by atoms with Crippen molar-refractivity contribution < 1.29 is 23.1 Å². The molecule has 1 atom stereocenters. The van der Waals surface area contributed by atoms with E-state index >= 15 is 0 Å². The van der Waals surface area contributed by atoms with E-state index < -0.39 is 21.7 Å². The van der Waals surface area contributed by atoms with Crippen molar-refractivity contribution in [3.8, 4) is 0 Å². The molecule has 1 heterocycles. The fourth-order valence-corrected chi connectivity index (χ4v) is 5.10. The minimum atomic E-state index is -3.78. The number of fused-ring (bicyclic) bond motifs is 1. The van der Waals surface area contributed by atoms with E-state index in [2.05, 4.69) is 14.8 Å². The van der Waals surface area contributed by atoms with Crippen LogP contribution < -0.4 is 10.0 Å². The minimum absolute atomic E-state index is 0.0536. The number of aryl methyl sites for hydroxylation is 1. The van der Waals surface area contributed by atoms with Crippen LogP contribution in [0.5, 0.6) is 0 Å². The van der Waals surface area contributed by atoms with Gasteiger partial charge in [-0.1, -0.05) is 0 Å². The van der Waals surface area contributed by atoms with E-state index in [0.29, 0.717) is 12.1 Å². The highest BCUT2D eigenvalue weighted by Gasteiger charge is 2.36. The van der Waals surface area contributed by atoms with Crippen molar-refractivity contribution in [3.05, 3.63) is 46.2 Å². The Morgan fingerprint density at radius 2 is 2.04 bits per heavy atom. The molecular weight excluding hydrogens is 376 g/mol. The molecule has 1 aromatic carbocycles. The molecule has 0 radical (unpaired) electrons. The number of hydrogen-bond acceptors (Lipinski definition) is 6. The monoisotopic (exact) mass is 396 g/mol. The Morgan fingerprint density at radius 3 is 2.73 bits per heavy atom. The molecule has 140 valence electrons. The zero-order valence-corrected chi connectivity index (χ0v) is 15.8. The van der Waals surface area contributed by atoms with Crippen LogP contribution in [0.1, 0.15) is 23.3 Å². The Balaban J connectivity index is 1.71. The molecule has 0 aliphatic heterocycles. The molecule has 0 bridgehead atoms. The first-order chi connectivity index (χ1) is 12.3.